The fraction of sp³-hybridized carbons (Fsp3) is 0.667. The number of rotatable bonds is 4. The first-order valence-electron chi connectivity index (χ1n) is 7.98. The lowest BCUT2D eigenvalue weighted by Gasteiger charge is -2.33. The van der Waals surface area contributed by atoms with Gasteiger partial charge in [-0.15, -0.1) is 0 Å². The van der Waals surface area contributed by atoms with Gasteiger partial charge >= 0.3 is 6.11 Å². The van der Waals surface area contributed by atoms with Crippen LogP contribution in [0.2, 0.25) is 0 Å². The normalized spacial score (nSPS) is 23.1. The predicted molar refractivity (Wildman–Crippen MR) is 82.0 cm³/mol. The molecule has 1 fully saturated rings. The SMILES string of the molecule is CCC1CCC(C(F)(F)Oc2cc(C)c(C)c(C)c2)CC1. The van der Waals surface area contributed by atoms with Crippen LogP contribution in [0.15, 0.2) is 12.1 Å². The lowest BCUT2D eigenvalue weighted by molar-refractivity contribution is -0.223. The molecule has 0 aliphatic heterocycles. The summed E-state index contributed by atoms with van der Waals surface area (Å²) in [5.74, 6) is 0.251. The highest BCUT2D eigenvalue weighted by Gasteiger charge is 2.43. The summed E-state index contributed by atoms with van der Waals surface area (Å²) < 4.78 is 33.8. The van der Waals surface area contributed by atoms with E-state index in [1.165, 1.54) is 0 Å². The third-order valence-corrected chi connectivity index (χ3v) is 5.05. The molecule has 0 amide bonds. The van der Waals surface area contributed by atoms with Gasteiger partial charge in [0.15, 0.2) is 0 Å². The second-order valence-corrected chi connectivity index (χ2v) is 6.47. The summed E-state index contributed by atoms with van der Waals surface area (Å²) in [7, 11) is 0. The van der Waals surface area contributed by atoms with E-state index in [2.05, 4.69) is 6.92 Å². The average molecular weight is 296 g/mol. The first-order valence-corrected chi connectivity index (χ1v) is 7.98. The van der Waals surface area contributed by atoms with E-state index in [1.54, 1.807) is 12.1 Å². The number of hydrogen-bond donors (Lipinski definition) is 0. The van der Waals surface area contributed by atoms with E-state index in [1.807, 2.05) is 20.8 Å². The molecule has 2 rings (SSSR count). The van der Waals surface area contributed by atoms with Crippen molar-refractivity contribution in [1.29, 1.82) is 0 Å². The van der Waals surface area contributed by atoms with Crippen LogP contribution in [0, 0.1) is 32.6 Å². The summed E-state index contributed by atoms with van der Waals surface area (Å²) >= 11 is 0. The van der Waals surface area contributed by atoms with E-state index in [4.69, 9.17) is 4.74 Å². The summed E-state index contributed by atoms with van der Waals surface area (Å²) in [4.78, 5) is 0. The summed E-state index contributed by atoms with van der Waals surface area (Å²) in [6, 6.07) is 3.43. The fourth-order valence-corrected chi connectivity index (χ4v) is 3.20. The number of aryl methyl sites for hydroxylation is 2. The Morgan fingerprint density at radius 1 is 1.05 bits per heavy atom. The summed E-state index contributed by atoms with van der Waals surface area (Å²) in [5, 5.41) is 0. The van der Waals surface area contributed by atoms with E-state index < -0.39 is 12.0 Å². The third kappa shape index (κ3) is 3.75. The molecule has 0 heterocycles. The first-order chi connectivity index (χ1) is 9.83. The minimum Gasteiger partial charge on any atom is -0.432 e. The first kappa shape index (κ1) is 16.3. The van der Waals surface area contributed by atoms with Crippen molar-refractivity contribution < 1.29 is 13.5 Å². The van der Waals surface area contributed by atoms with Crippen LogP contribution in [0.1, 0.15) is 55.7 Å². The minimum absolute atomic E-state index is 0.290. The second-order valence-electron chi connectivity index (χ2n) is 6.47. The van der Waals surface area contributed by atoms with Gasteiger partial charge < -0.3 is 4.74 Å². The van der Waals surface area contributed by atoms with Gasteiger partial charge in [0, 0.05) is 0 Å². The van der Waals surface area contributed by atoms with Gasteiger partial charge in [0.05, 0.1) is 5.92 Å². The molecule has 0 saturated heterocycles. The van der Waals surface area contributed by atoms with Gasteiger partial charge in [-0.2, -0.15) is 8.78 Å². The van der Waals surface area contributed by atoms with Crippen molar-refractivity contribution in [2.45, 2.75) is 65.9 Å². The molecule has 118 valence electrons. The molecule has 1 aliphatic carbocycles. The molecule has 3 heteroatoms. The number of benzene rings is 1. The van der Waals surface area contributed by atoms with Crippen LogP contribution >= 0.6 is 0 Å². The molecule has 1 saturated carbocycles. The molecule has 0 spiro atoms. The maximum atomic E-state index is 14.4. The van der Waals surface area contributed by atoms with Crippen LogP contribution in [0.5, 0.6) is 5.75 Å². The lowest BCUT2D eigenvalue weighted by atomic mass is 9.80. The zero-order valence-corrected chi connectivity index (χ0v) is 13.5. The molecular weight excluding hydrogens is 270 g/mol. The standard InChI is InChI=1S/C18H26F2O/c1-5-15-6-8-16(9-7-15)18(19,20)21-17-10-12(2)14(4)13(3)11-17/h10-11,15-16H,5-9H2,1-4H3. The van der Waals surface area contributed by atoms with Crippen molar-refractivity contribution in [3.63, 3.8) is 0 Å². The Labute approximate surface area is 126 Å². The number of alkyl halides is 2. The second kappa shape index (κ2) is 6.33. The molecule has 0 unspecified atom stereocenters. The summed E-state index contributed by atoms with van der Waals surface area (Å²) in [6.45, 7) is 8.00. The van der Waals surface area contributed by atoms with Crippen LogP contribution in [-0.2, 0) is 0 Å². The van der Waals surface area contributed by atoms with Crippen molar-refractivity contribution in [1.82, 2.24) is 0 Å². The highest BCUT2D eigenvalue weighted by molar-refractivity contribution is 5.40. The maximum Gasteiger partial charge on any atom is 0.400 e. The zero-order chi connectivity index (χ0) is 15.6. The summed E-state index contributed by atoms with van der Waals surface area (Å²) in [6.07, 6.45) is 0.950. The molecule has 0 N–H and O–H groups in total. The Balaban J connectivity index is 2.07. The Hall–Kier alpha value is -1.12. The van der Waals surface area contributed by atoms with Gasteiger partial charge in [0.2, 0.25) is 0 Å². The van der Waals surface area contributed by atoms with Crippen molar-refractivity contribution in [3.8, 4) is 5.75 Å². The maximum absolute atomic E-state index is 14.4. The van der Waals surface area contributed by atoms with Crippen molar-refractivity contribution >= 4 is 0 Å². The molecule has 0 radical (unpaired) electrons. The van der Waals surface area contributed by atoms with Gasteiger partial charge in [-0.05, 0) is 81.2 Å². The molecule has 1 aliphatic rings. The highest BCUT2D eigenvalue weighted by atomic mass is 19.3. The molecule has 1 aromatic carbocycles. The monoisotopic (exact) mass is 296 g/mol. The van der Waals surface area contributed by atoms with Crippen molar-refractivity contribution in [2.75, 3.05) is 0 Å². The van der Waals surface area contributed by atoms with Gasteiger partial charge in [0.25, 0.3) is 0 Å². The van der Waals surface area contributed by atoms with Crippen LogP contribution < -0.4 is 4.74 Å². The Kier molecular flexibility index (Phi) is 4.90. The van der Waals surface area contributed by atoms with E-state index in [0.717, 1.165) is 36.0 Å². The van der Waals surface area contributed by atoms with Gasteiger partial charge in [-0.1, -0.05) is 13.3 Å². The third-order valence-electron chi connectivity index (χ3n) is 5.05. The zero-order valence-electron chi connectivity index (χ0n) is 13.5. The van der Waals surface area contributed by atoms with E-state index in [-0.39, 0.29) is 0 Å². The number of halogens is 2. The number of ether oxygens (including phenoxy) is 1. The van der Waals surface area contributed by atoms with E-state index >= 15 is 0 Å². The van der Waals surface area contributed by atoms with Crippen molar-refractivity contribution in [3.05, 3.63) is 28.8 Å². The molecule has 0 atom stereocenters. The van der Waals surface area contributed by atoms with Crippen LogP contribution in [-0.4, -0.2) is 6.11 Å². The highest BCUT2D eigenvalue weighted by Crippen LogP contribution is 2.41. The van der Waals surface area contributed by atoms with Crippen LogP contribution in [0.25, 0.3) is 0 Å². The Bertz CT molecular complexity index is 465. The lowest BCUT2D eigenvalue weighted by Crippen LogP contribution is -2.37. The molecule has 21 heavy (non-hydrogen) atoms. The average Bonchev–Trinajstić information content (AvgIpc) is 2.44. The Morgan fingerprint density at radius 2 is 1.57 bits per heavy atom. The van der Waals surface area contributed by atoms with E-state index in [0.29, 0.717) is 24.5 Å². The Morgan fingerprint density at radius 3 is 2.05 bits per heavy atom. The molecule has 1 aromatic rings. The molecule has 0 bridgehead atoms. The molecular formula is C18H26F2O. The van der Waals surface area contributed by atoms with E-state index in [9.17, 15) is 8.78 Å². The van der Waals surface area contributed by atoms with Gasteiger partial charge in [-0.3, -0.25) is 0 Å². The summed E-state index contributed by atoms with van der Waals surface area (Å²) in [5.41, 5.74) is 3.13. The van der Waals surface area contributed by atoms with Crippen LogP contribution in [0.3, 0.4) is 0 Å². The number of hydrogen-bond acceptors (Lipinski definition) is 1. The largest absolute Gasteiger partial charge is 0.432 e. The fourth-order valence-electron chi connectivity index (χ4n) is 3.20. The quantitative estimate of drug-likeness (QED) is 0.682. The predicted octanol–water partition coefficient (Wildman–Crippen LogP) is 5.80. The molecule has 1 nitrogen and oxygen atoms in total. The smallest absolute Gasteiger partial charge is 0.400 e. The van der Waals surface area contributed by atoms with Gasteiger partial charge in [-0.25, -0.2) is 0 Å². The molecule has 0 aromatic heterocycles. The minimum atomic E-state index is -3.06. The van der Waals surface area contributed by atoms with Crippen LogP contribution in [0.4, 0.5) is 8.78 Å². The van der Waals surface area contributed by atoms with Crippen molar-refractivity contribution in [2.24, 2.45) is 11.8 Å². The van der Waals surface area contributed by atoms with Gasteiger partial charge in [0.1, 0.15) is 5.75 Å². The topological polar surface area (TPSA) is 9.23 Å².